The van der Waals surface area contributed by atoms with Gasteiger partial charge in [-0.15, -0.1) is 6.58 Å². The summed E-state index contributed by atoms with van der Waals surface area (Å²) < 4.78 is 10.6. The monoisotopic (exact) mass is 148 g/mol. The van der Waals surface area contributed by atoms with Gasteiger partial charge in [-0.3, -0.25) is 0 Å². The molecule has 0 rings (SSSR count). The highest BCUT2D eigenvalue weighted by Crippen LogP contribution is 2.06. The SMILES string of the molecule is C=CCS(=O)SC=C. The van der Waals surface area contributed by atoms with Gasteiger partial charge in [0.2, 0.25) is 0 Å². The van der Waals surface area contributed by atoms with Crippen LogP contribution in [0.2, 0.25) is 0 Å². The molecule has 8 heavy (non-hydrogen) atoms. The molecular formula is C5H8OS2. The van der Waals surface area contributed by atoms with Gasteiger partial charge >= 0.3 is 0 Å². The van der Waals surface area contributed by atoms with Crippen LogP contribution in [-0.4, -0.2) is 9.96 Å². The highest BCUT2D eigenvalue weighted by Gasteiger charge is 1.89. The smallest absolute Gasteiger partial charge is 0.0884 e. The van der Waals surface area contributed by atoms with Gasteiger partial charge in [0.15, 0.2) is 0 Å². The predicted molar refractivity (Wildman–Crippen MR) is 41.0 cm³/mol. The normalized spacial score (nSPS) is 12.5. The Hall–Kier alpha value is -0.0200. The van der Waals surface area contributed by atoms with Gasteiger partial charge in [0, 0.05) is 0 Å². The lowest BCUT2D eigenvalue weighted by atomic mass is 10.8. The van der Waals surface area contributed by atoms with Crippen molar-refractivity contribution in [2.24, 2.45) is 0 Å². The van der Waals surface area contributed by atoms with Gasteiger partial charge in [0.25, 0.3) is 0 Å². The highest BCUT2D eigenvalue weighted by atomic mass is 33.1. The summed E-state index contributed by atoms with van der Waals surface area (Å²) in [6.07, 6.45) is 1.63. The highest BCUT2D eigenvalue weighted by molar-refractivity contribution is 8.70. The van der Waals surface area contributed by atoms with Gasteiger partial charge in [-0.2, -0.15) is 0 Å². The second-order valence-electron chi connectivity index (χ2n) is 1.02. The van der Waals surface area contributed by atoms with Crippen LogP contribution in [0.4, 0.5) is 0 Å². The second-order valence-corrected chi connectivity index (χ2v) is 4.18. The molecule has 0 radical (unpaired) electrons. The van der Waals surface area contributed by atoms with E-state index >= 15 is 0 Å². The van der Waals surface area contributed by atoms with Crippen molar-refractivity contribution in [3.8, 4) is 0 Å². The van der Waals surface area contributed by atoms with E-state index in [1.165, 1.54) is 10.8 Å². The molecule has 0 spiro atoms. The Morgan fingerprint density at radius 1 is 1.62 bits per heavy atom. The molecule has 0 bridgehead atoms. The first-order valence-electron chi connectivity index (χ1n) is 2.08. The molecule has 0 heterocycles. The molecule has 0 aliphatic heterocycles. The van der Waals surface area contributed by atoms with Crippen molar-refractivity contribution < 1.29 is 4.21 Å². The minimum Gasteiger partial charge on any atom is -0.247 e. The first-order chi connectivity index (χ1) is 3.81. The molecule has 0 fully saturated rings. The first kappa shape index (κ1) is 7.98. The van der Waals surface area contributed by atoms with E-state index < -0.39 is 9.83 Å². The maximum absolute atomic E-state index is 10.6. The molecular weight excluding hydrogens is 140 g/mol. The average Bonchev–Trinajstić information content (AvgIpc) is 1.68. The van der Waals surface area contributed by atoms with Crippen molar-refractivity contribution in [3.05, 3.63) is 24.6 Å². The fourth-order valence-electron chi connectivity index (χ4n) is 0.211. The molecule has 3 heteroatoms. The summed E-state index contributed by atoms with van der Waals surface area (Å²) in [6.45, 7) is 6.86. The van der Waals surface area contributed by atoms with E-state index in [1.807, 2.05) is 0 Å². The van der Waals surface area contributed by atoms with E-state index in [4.69, 9.17) is 0 Å². The lowest BCUT2D eigenvalue weighted by molar-refractivity contribution is 0.693. The molecule has 0 aromatic rings. The van der Waals surface area contributed by atoms with Crippen molar-refractivity contribution in [3.63, 3.8) is 0 Å². The Bertz CT molecular complexity index is 97.0. The number of hydrogen-bond acceptors (Lipinski definition) is 2. The second kappa shape index (κ2) is 5.12. The fourth-order valence-corrected chi connectivity index (χ4v) is 1.61. The van der Waals surface area contributed by atoms with Crippen LogP contribution in [0.1, 0.15) is 0 Å². The molecule has 46 valence electrons. The van der Waals surface area contributed by atoms with Crippen LogP contribution in [0.5, 0.6) is 0 Å². The molecule has 0 aromatic heterocycles. The zero-order valence-corrected chi connectivity index (χ0v) is 6.13. The Morgan fingerprint density at radius 3 is 2.62 bits per heavy atom. The quantitative estimate of drug-likeness (QED) is 0.446. The van der Waals surface area contributed by atoms with Crippen LogP contribution in [0.15, 0.2) is 24.6 Å². The molecule has 1 atom stereocenters. The van der Waals surface area contributed by atoms with Crippen LogP contribution in [0.25, 0.3) is 0 Å². The van der Waals surface area contributed by atoms with Crippen LogP contribution < -0.4 is 0 Å². The van der Waals surface area contributed by atoms with Gasteiger partial charge in [0.1, 0.15) is 0 Å². The molecule has 0 saturated heterocycles. The summed E-state index contributed by atoms with van der Waals surface area (Å²) in [7, 11) is 0.381. The van der Waals surface area contributed by atoms with E-state index in [1.54, 1.807) is 11.5 Å². The van der Waals surface area contributed by atoms with Crippen molar-refractivity contribution in [1.82, 2.24) is 0 Å². The van der Waals surface area contributed by atoms with E-state index in [9.17, 15) is 4.21 Å². The lowest BCUT2D eigenvalue weighted by Crippen LogP contribution is -1.82. The Labute approximate surface area is 55.7 Å². The van der Waals surface area contributed by atoms with Crippen molar-refractivity contribution in [2.75, 3.05) is 5.75 Å². The number of rotatable bonds is 4. The summed E-state index contributed by atoms with van der Waals surface area (Å²) in [4.78, 5) is 0. The lowest BCUT2D eigenvalue weighted by Gasteiger charge is -1.86. The Kier molecular flexibility index (Phi) is 5.11. The van der Waals surface area contributed by atoms with Crippen molar-refractivity contribution >= 4 is 20.6 Å². The van der Waals surface area contributed by atoms with E-state index in [2.05, 4.69) is 13.2 Å². The summed E-state index contributed by atoms with van der Waals surface area (Å²) in [5.41, 5.74) is 0. The summed E-state index contributed by atoms with van der Waals surface area (Å²) >= 11 is 0. The largest absolute Gasteiger partial charge is 0.247 e. The molecule has 0 aliphatic carbocycles. The van der Waals surface area contributed by atoms with Crippen LogP contribution >= 0.6 is 10.8 Å². The minimum absolute atomic E-state index is 0.538. The topological polar surface area (TPSA) is 17.1 Å². The maximum atomic E-state index is 10.6. The first-order valence-corrected chi connectivity index (χ1v) is 4.80. The average molecular weight is 148 g/mol. The van der Waals surface area contributed by atoms with Gasteiger partial charge in [-0.05, 0) is 16.2 Å². The molecule has 0 aliphatic rings. The van der Waals surface area contributed by atoms with Gasteiger partial charge in [0.05, 0.1) is 15.6 Å². The molecule has 1 nitrogen and oxygen atoms in total. The van der Waals surface area contributed by atoms with Gasteiger partial charge < -0.3 is 0 Å². The molecule has 0 amide bonds. The zero-order valence-electron chi connectivity index (χ0n) is 4.50. The van der Waals surface area contributed by atoms with Gasteiger partial charge in [-0.25, -0.2) is 4.21 Å². The fraction of sp³-hybridized carbons (Fsp3) is 0.200. The standard InChI is InChI=1S/C5H8OS2/c1-3-5-8(6)7-4-2/h3-4H,1-2,5H2. The molecule has 0 saturated carbocycles. The molecule has 0 aromatic carbocycles. The van der Waals surface area contributed by atoms with Gasteiger partial charge in [-0.1, -0.05) is 12.7 Å². The summed E-state index contributed by atoms with van der Waals surface area (Å²) in [6, 6.07) is 0. The maximum Gasteiger partial charge on any atom is 0.0884 e. The van der Waals surface area contributed by atoms with E-state index in [-0.39, 0.29) is 0 Å². The summed E-state index contributed by atoms with van der Waals surface area (Å²) in [5.74, 6) is 0.538. The van der Waals surface area contributed by atoms with Crippen molar-refractivity contribution in [2.45, 2.75) is 0 Å². The zero-order chi connectivity index (χ0) is 6.41. The van der Waals surface area contributed by atoms with Crippen LogP contribution in [0, 0.1) is 0 Å². The van der Waals surface area contributed by atoms with E-state index in [0.29, 0.717) is 5.75 Å². The Balaban J connectivity index is 3.32. The van der Waals surface area contributed by atoms with Crippen LogP contribution in [-0.2, 0) is 9.83 Å². The number of hydrogen-bond donors (Lipinski definition) is 0. The third-order valence-corrected chi connectivity index (χ3v) is 2.75. The minimum atomic E-state index is -0.840. The van der Waals surface area contributed by atoms with E-state index in [0.717, 1.165) is 0 Å². The summed E-state index contributed by atoms with van der Waals surface area (Å²) in [5, 5.41) is 1.57. The predicted octanol–water partition coefficient (Wildman–Crippen LogP) is 1.71. The van der Waals surface area contributed by atoms with Crippen LogP contribution in [0.3, 0.4) is 0 Å². The third-order valence-electron chi connectivity index (χ3n) is 0.429. The third kappa shape index (κ3) is 4.15. The van der Waals surface area contributed by atoms with Crippen molar-refractivity contribution in [1.29, 1.82) is 0 Å². The molecule has 0 N–H and O–H groups in total. The molecule has 1 unspecified atom stereocenters. The Morgan fingerprint density at radius 2 is 2.25 bits per heavy atom.